The van der Waals surface area contributed by atoms with E-state index >= 15 is 0 Å². The molecule has 0 amide bonds. The van der Waals surface area contributed by atoms with Gasteiger partial charge >= 0.3 is 5.97 Å². The van der Waals surface area contributed by atoms with E-state index in [1.165, 1.54) is 0 Å². The number of carboxylic acid groups (broad SMARTS) is 1. The Balaban J connectivity index is 0. The Morgan fingerprint density at radius 1 is 1.29 bits per heavy atom. The molecular formula is C11H21ClNO4-. The molecular weight excluding hydrogens is 246 g/mol. The molecule has 0 aromatic carbocycles. The number of rotatable bonds is 7. The van der Waals surface area contributed by atoms with E-state index in [-0.39, 0.29) is 24.8 Å². The van der Waals surface area contributed by atoms with Gasteiger partial charge in [-0.25, -0.2) is 0 Å². The molecule has 1 unspecified atom stereocenters. The molecule has 0 bridgehead atoms. The van der Waals surface area contributed by atoms with Gasteiger partial charge in [-0.1, -0.05) is 6.92 Å². The number of carbonyl (C=O) groups excluding carboxylic acids is 2. The molecule has 0 aliphatic heterocycles. The zero-order valence-electron chi connectivity index (χ0n) is 10.9. The van der Waals surface area contributed by atoms with E-state index in [0.29, 0.717) is 23.9 Å². The first-order valence-electron chi connectivity index (χ1n) is 5.44. The van der Waals surface area contributed by atoms with Crippen LogP contribution >= 0.6 is 0 Å². The van der Waals surface area contributed by atoms with Gasteiger partial charge in [-0.2, -0.15) is 0 Å². The second-order valence-electron chi connectivity index (χ2n) is 4.91. The first kappa shape index (κ1) is 18.6. The summed E-state index contributed by atoms with van der Waals surface area (Å²) in [5, 5.41) is 10.5. The third kappa shape index (κ3) is 11.5. The molecule has 1 atom stereocenters. The average Bonchev–Trinajstić information content (AvgIpc) is 1.98. The predicted octanol–water partition coefficient (Wildman–Crippen LogP) is -3.45. The summed E-state index contributed by atoms with van der Waals surface area (Å²) in [5.41, 5.74) is 0. The van der Waals surface area contributed by atoms with E-state index in [1.807, 2.05) is 28.1 Å². The van der Waals surface area contributed by atoms with Crippen LogP contribution in [0.15, 0.2) is 0 Å². The Morgan fingerprint density at radius 2 is 1.82 bits per heavy atom. The third-order valence-electron chi connectivity index (χ3n) is 1.90. The number of carboxylic acids is 1. The molecule has 0 radical (unpaired) electrons. The predicted molar refractivity (Wildman–Crippen MR) is 57.3 cm³/mol. The highest BCUT2D eigenvalue weighted by Gasteiger charge is 2.21. The van der Waals surface area contributed by atoms with Crippen molar-refractivity contribution < 1.29 is 36.3 Å². The SMILES string of the molecule is CCCC(=O)OC(CC(=O)[O-])C[N+](C)(C)C.[Cl-]. The zero-order valence-corrected chi connectivity index (χ0v) is 11.6. The summed E-state index contributed by atoms with van der Waals surface area (Å²) in [6.45, 7) is 2.33. The quantitative estimate of drug-likeness (QED) is 0.355. The van der Waals surface area contributed by atoms with Crippen molar-refractivity contribution in [2.24, 2.45) is 0 Å². The van der Waals surface area contributed by atoms with Crippen molar-refractivity contribution in [1.82, 2.24) is 0 Å². The van der Waals surface area contributed by atoms with E-state index < -0.39 is 12.1 Å². The molecule has 0 rings (SSSR count). The minimum absolute atomic E-state index is 0. The van der Waals surface area contributed by atoms with Crippen LogP contribution in [0.2, 0.25) is 0 Å². The standard InChI is InChI=1S/C11H21NO4.ClH/c1-5-6-11(15)16-9(7-10(13)14)8-12(2,3)4;/h9H,5-8H2,1-4H3;1H/p-1. The Bertz CT molecular complexity index is 250. The first-order valence-corrected chi connectivity index (χ1v) is 5.44. The van der Waals surface area contributed by atoms with Gasteiger partial charge in [0.15, 0.2) is 6.10 Å². The summed E-state index contributed by atoms with van der Waals surface area (Å²) in [6, 6.07) is 0. The zero-order chi connectivity index (χ0) is 12.8. The van der Waals surface area contributed by atoms with Crippen molar-refractivity contribution in [3.8, 4) is 0 Å². The third-order valence-corrected chi connectivity index (χ3v) is 1.90. The van der Waals surface area contributed by atoms with E-state index in [4.69, 9.17) is 4.74 Å². The lowest BCUT2D eigenvalue weighted by molar-refractivity contribution is -0.873. The molecule has 0 aromatic rings. The van der Waals surface area contributed by atoms with Gasteiger partial charge in [-0.05, 0) is 6.42 Å². The second kappa shape index (κ2) is 8.31. The highest BCUT2D eigenvalue weighted by atomic mass is 35.5. The molecule has 0 aliphatic carbocycles. The number of hydrogen-bond donors (Lipinski definition) is 0. The number of ether oxygens (including phenoxy) is 1. The van der Waals surface area contributed by atoms with E-state index in [2.05, 4.69) is 0 Å². The van der Waals surface area contributed by atoms with Gasteiger partial charge in [-0.15, -0.1) is 0 Å². The van der Waals surface area contributed by atoms with Crippen LogP contribution in [0.5, 0.6) is 0 Å². The molecule has 102 valence electrons. The number of hydrogen-bond acceptors (Lipinski definition) is 4. The highest BCUT2D eigenvalue weighted by Crippen LogP contribution is 2.06. The van der Waals surface area contributed by atoms with Crippen molar-refractivity contribution in [3.63, 3.8) is 0 Å². The Labute approximate surface area is 109 Å². The molecule has 0 saturated heterocycles. The Morgan fingerprint density at radius 3 is 2.18 bits per heavy atom. The summed E-state index contributed by atoms with van der Waals surface area (Å²) >= 11 is 0. The maximum Gasteiger partial charge on any atom is 0.306 e. The molecule has 0 saturated carbocycles. The minimum Gasteiger partial charge on any atom is -1.00 e. The lowest BCUT2D eigenvalue weighted by Gasteiger charge is -2.29. The van der Waals surface area contributed by atoms with Crippen LogP contribution in [0, 0.1) is 0 Å². The van der Waals surface area contributed by atoms with Crippen LogP contribution in [0.1, 0.15) is 26.2 Å². The largest absolute Gasteiger partial charge is 1.00 e. The fraction of sp³-hybridized carbons (Fsp3) is 0.818. The molecule has 0 N–H and O–H groups in total. The Hall–Kier alpha value is -0.810. The van der Waals surface area contributed by atoms with Crippen molar-refractivity contribution in [1.29, 1.82) is 0 Å². The molecule has 5 nitrogen and oxygen atoms in total. The van der Waals surface area contributed by atoms with Crippen molar-refractivity contribution in [3.05, 3.63) is 0 Å². The van der Waals surface area contributed by atoms with Crippen LogP contribution < -0.4 is 17.5 Å². The van der Waals surface area contributed by atoms with Crippen LogP contribution in [0.4, 0.5) is 0 Å². The van der Waals surface area contributed by atoms with Crippen LogP contribution in [0.3, 0.4) is 0 Å². The van der Waals surface area contributed by atoms with Crippen LogP contribution in [-0.2, 0) is 14.3 Å². The number of halogens is 1. The lowest BCUT2D eigenvalue weighted by atomic mass is 10.2. The Kier molecular flexibility index (Phi) is 9.06. The average molecular weight is 267 g/mol. The van der Waals surface area contributed by atoms with Crippen molar-refractivity contribution in [2.75, 3.05) is 27.7 Å². The molecule has 0 fully saturated rings. The fourth-order valence-corrected chi connectivity index (χ4v) is 1.39. The molecule has 6 heteroatoms. The number of carbonyl (C=O) groups is 2. The molecule has 0 spiro atoms. The van der Waals surface area contributed by atoms with Crippen LogP contribution in [0.25, 0.3) is 0 Å². The maximum absolute atomic E-state index is 11.3. The summed E-state index contributed by atoms with van der Waals surface area (Å²) in [5.74, 6) is -1.54. The van der Waals surface area contributed by atoms with Gasteiger partial charge in [0, 0.05) is 18.8 Å². The topological polar surface area (TPSA) is 66.4 Å². The summed E-state index contributed by atoms with van der Waals surface area (Å²) < 4.78 is 5.64. The minimum atomic E-state index is -1.19. The number of nitrogens with zero attached hydrogens (tertiary/aromatic N) is 1. The van der Waals surface area contributed by atoms with Gasteiger partial charge in [-0.3, -0.25) is 4.79 Å². The normalized spacial score (nSPS) is 12.5. The van der Waals surface area contributed by atoms with Crippen molar-refractivity contribution in [2.45, 2.75) is 32.3 Å². The van der Waals surface area contributed by atoms with Crippen LogP contribution in [-0.4, -0.2) is 50.2 Å². The smallest absolute Gasteiger partial charge is 0.306 e. The second-order valence-corrected chi connectivity index (χ2v) is 4.91. The number of likely N-dealkylation sites (N-methyl/N-ethyl adjacent to an activating group) is 1. The van der Waals surface area contributed by atoms with Gasteiger partial charge < -0.3 is 31.5 Å². The summed E-state index contributed by atoms with van der Waals surface area (Å²) in [6.07, 6.45) is 0.163. The first-order chi connectivity index (χ1) is 7.24. The van der Waals surface area contributed by atoms with E-state index in [9.17, 15) is 14.7 Å². The van der Waals surface area contributed by atoms with Gasteiger partial charge in [0.05, 0.1) is 21.1 Å². The number of aliphatic carboxylic acids is 1. The monoisotopic (exact) mass is 266 g/mol. The molecule has 0 aromatic heterocycles. The number of esters is 1. The number of quaternary nitrogens is 1. The van der Waals surface area contributed by atoms with Crippen molar-refractivity contribution >= 4 is 11.9 Å². The van der Waals surface area contributed by atoms with E-state index in [1.54, 1.807) is 0 Å². The molecule has 17 heavy (non-hydrogen) atoms. The van der Waals surface area contributed by atoms with E-state index in [0.717, 1.165) is 0 Å². The van der Waals surface area contributed by atoms with Gasteiger partial charge in [0.25, 0.3) is 0 Å². The summed E-state index contributed by atoms with van der Waals surface area (Å²) in [4.78, 5) is 21.8. The van der Waals surface area contributed by atoms with Gasteiger partial charge in [0.1, 0.15) is 6.54 Å². The molecule has 0 aliphatic rings. The highest BCUT2D eigenvalue weighted by molar-refractivity contribution is 5.70. The lowest BCUT2D eigenvalue weighted by Crippen LogP contribution is -3.00. The summed E-state index contributed by atoms with van der Waals surface area (Å²) in [7, 11) is 5.74. The maximum atomic E-state index is 11.3. The van der Waals surface area contributed by atoms with Gasteiger partial charge in [0.2, 0.25) is 0 Å². The fourth-order valence-electron chi connectivity index (χ4n) is 1.39. The molecule has 0 heterocycles.